The molecule has 1 aromatic carbocycles. The molecule has 5 heteroatoms. The van der Waals surface area contributed by atoms with Gasteiger partial charge in [-0.1, -0.05) is 13.3 Å². The first kappa shape index (κ1) is 13.9. The first-order chi connectivity index (χ1) is 8.08. The normalized spacial score (nSPS) is 12.2. The molecule has 0 heterocycles. The number of hydrogen-bond donors (Lipinski definition) is 3. The van der Waals surface area contributed by atoms with Gasteiger partial charge in [-0.05, 0) is 37.1 Å². The average molecular weight is 253 g/mol. The van der Waals surface area contributed by atoms with Crippen LogP contribution in [0.2, 0.25) is 0 Å². The number of anilines is 1. The lowest BCUT2D eigenvalue weighted by atomic mass is 10.2. The molecule has 5 N–H and O–H groups in total. The van der Waals surface area contributed by atoms with Gasteiger partial charge in [0.15, 0.2) is 0 Å². The molecule has 0 aromatic heterocycles. The van der Waals surface area contributed by atoms with Crippen LogP contribution in [-0.4, -0.2) is 11.2 Å². The minimum absolute atomic E-state index is 0.133. The fourth-order valence-corrected chi connectivity index (χ4v) is 2.73. The van der Waals surface area contributed by atoms with Crippen molar-refractivity contribution < 1.29 is 4.79 Å². The van der Waals surface area contributed by atoms with Gasteiger partial charge in [-0.3, -0.25) is 10.2 Å². The van der Waals surface area contributed by atoms with Crippen LogP contribution in [0.5, 0.6) is 0 Å². The Morgan fingerprint density at radius 1 is 1.53 bits per heavy atom. The van der Waals surface area contributed by atoms with E-state index in [1.54, 1.807) is 0 Å². The first-order valence-electron chi connectivity index (χ1n) is 5.61. The number of carbonyl (C=O) groups excluding carboxylic acids is 1. The highest BCUT2D eigenvalue weighted by atomic mass is 32.2. The summed E-state index contributed by atoms with van der Waals surface area (Å²) >= 11 is 1.52. The van der Waals surface area contributed by atoms with Crippen molar-refractivity contribution >= 4 is 23.4 Å². The molecule has 1 amide bonds. The highest BCUT2D eigenvalue weighted by Crippen LogP contribution is 2.28. The van der Waals surface area contributed by atoms with Gasteiger partial charge in [0.1, 0.15) is 0 Å². The van der Waals surface area contributed by atoms with Crippen molar-refractivity contribution in [3.63, 3.8) is 0 Å². The van der Waals surface area contributed by atoms with E-state index in [1.165, 1.54) is 11.8 Å². The number of nitrogens with two attached hydrogens (primary N) is 2. The minimum Gasteiger partial charge on any atom is -0.399 e. The van der Waals surface area contributed by atoms with E-state index in [9.17, 15) is 4.79 Å². The van der Waals surface area contributed by atoms with Crippen molar-refractivity contribution in [1.82, 2.24) is 5.43 Å². The fraction of sp³-hybridized carbons (Fsp3) is 0.417. The molecule has 0 saturated heterocycles. The number of benzene rings is 1. The summed E-state index contributed by atoms with van der Waals surface area (Å²) in [6.07, 6.45) is 1.75. The highest BCUT2D eigenvalue weighted by Gasteiger charge is 2.17. The Balaban J connectivity index is 2.78. The maximum atomic E-state index is 11.6. The molecular formula is C12H19N3OS. The van der Waals surface area contributed by atoms with E-state index in [0.717, 1.165) is 29.0 Å². The van der Waals surface area contributed by atoms with Crippen molar-refractivity contribution in [3.05, 3.63) is 23.8 Å². The molecule has 0 aliphatic heterocycles. The van der Waals surface area contributed by atoms with E-state index in [0.29, 0.717) is 0 Å². The van der Waals surface area contributed by atoms with Crippen molar-refractivity contribution in [2.24, 2.45) is 5.84 Å². The molecule has 1 atom stereocenters. The van der Waals surface area contributed by atoms with Crippen LogP contribution in [0.15, 0.2) is 23.1 Å². The number of amides is 1. The molecule has 0 fully saturated rings. The van der Waals surface area contributed by atoms with Gasteiger partial charge in [0, 0.05) is 10.6 Å². The standard InChI is InChI=1S/C12H19N3OS/c1-3-4-11(12(16)15-14)17-9-5-6-10(13)8(2)7-9/h5-7,11H,3-4,13-14H2,1-2H3,(H,15,16). The summed E-state index contributed by atoms with van der Waals surface area (Å²) in [7, 11) is 0. The third-order valence-corrected chi connectivity index (χ3v) is 3.77. The van der Waals surface area contributed by atoms with E-state index in [1.807, 2.05) is 32.0 Å². The molecule has 0 spiro atoms. The molecule has 1 rings (SSSR count). The quantitative estimate of drug-likeness (QED) is 0.246. The summed E-state index contributed by atoms with van der Waals surface area (Å²) < 4.78 is 0. The second-order valence-corrected chi connectivity index (χ2v) is 5.20. The smallest absolute Gasteiger partial charge is 0.247 e. The Bertz CT molecular complexity index is 395. The van der Waals surface area contributed by atoms with E-state index < -0.39 is 0 Å². The Morgan fingerprint density at radius 3 is 2.76 bits per heavy atom. The number of nitrogens with one attached hydrogen (secondary N) is 1. The number of aryl methyl sites for hydroxylation is 1. The van der Waals surface area contributed by atoms with Crippen LogP contribution in [0.4, 0.5) is 5.69 Å². The summed E-state index contributed by atoms with van der Waals surface area (Å²) in [6.45, 7) is 4.00. The number of carbonyl (C=O) groups is 1. The van der Waals surface area contributed by atoms with Gasteiger partial charge < -0.3 is 5.73 Å². The molecule has 17 heavy (non-hydrogen) atoms. The molecular weight excluding hydrogens is 234 g/mol. The first-order valence-corrected chi connectivity index (χ1v) is 6.49. The van der Waals surface area contributed by atoms with Gasteiger partial charge in [0.25, 0.3) is 0 Å². The number of thioether (sulfide) groups is 1. The molecule has 4 nitrogen and oxygen atoms in total. The Morgan fingerprint density at radius 2 is 2.24 bits per heavy atom. The molecule has 1 aromatic rings. The largest absolute Gasteiger partial charge is 0.399 e. The molecule has 0 radical (unpaired) electrons. The van der Waals surface area contributed by atoms with Gasteiger partial charge in [0.2, 0.25) is 5.91 Å². The summed E-state index contributed by atoms with van der Waals surface area (Å²) in [5, 5.41) is -0.145. The van der Waals surface area contributed by atoms with Crippen LogP contribution in [0.1, 0.15) is 25.3 Å². The van der Waals surface area contributed by atoms with E-state index >= 15 is 0 Å². The monoisotopic (exact) mass is 253 g/mol. The maximum absolute atomic E-state index is 11.6. The summed E-state index contributed by atoms with van der Waals surface area (Å²) in [6, 6.07) is 5.78. The van der Waals surface area contributed by atoms with Crippen molar-refractivity contribution in [2.75, 3.05) is 5.73 Å². The lowest BCUT2D eigenvalue weighted by molar-refractivity contribution is -0.120. The second-order valence-electron chi connectivity index (χ2n) is 3.92. The maximum Gasteiger partial charge on any atom is 0.247 e. The van der Waals surface area contributed by atoms with Gasteiger partial charge in [-0.2, -0.15) is 0 Å². The summed E-state index contributed by atoms with van der Waals surface area (Å²) in [5.74, 6) is 5.04. The zero-order chi connectivity index (χ0) is 12.8. The van der Waals surface area contributed by atoms with E-state index in [4.69, 9.17) is 11.6 Å². The number of nitrogen functional groups attached to an aromatic ring is 1. The molecule has 0 bridgehead atoms. The van der Waals surface area contributed by atoms with Crippen molar-refractivity contribution in [3.8, 4) is 0 Å². The topological polar surface area (TPSA) is 81.1 Å². The Hall–Kier alpha value is -1.20. The summed E-state index contributed by atoms with van der Waals surface area (Å²) in [5.41, 5.74) is 9.76. The number of hydrogen-bond acceptors (Lipinski definition) is 4. The SMILES string of the molecule is CCCC(Sc1ccc(N)c(C)c1)C(=O)NN. The Kier molecular flexibility index (Phi) is 5.31. The molecule has 0 aliphatic rings. The van der Waals surface area contributed by atoms with E-state index in [2.05, 4.69) is 5.43 Å². The average Bonchev–Trinajstić information content (AvgIpc) is 2.32. The highest BCUT2D eigenvalue weighted by molar-refractivity contribution is 8.00. The van der Waals surface area contributed by atoms with Crippen molar-refractivity contribution in [1.29, 1.82) is 0 Å². The van der Waals surface area contributed by atoms with Crippen LogP contribution in [0.3, 0.4) is 0 Å². The van der Waals surface area contributed by atoms with Crippen LogP contribution >= 0.6 is 11.8 Å². The van der Waals surface area contributed by atoms with Crippen molar-refractivity contribution in [2.45, 2.75) is 36.8 Å². The van der Waals surface area contributed by atoms with Gasteiger partial charge >= 0.3 is 0 Å². The second kappa shape index (κ2) is 6.51. The lowest BCUT2D eigenvalue weighted by Crippen LogP contribution is -2.37. The third-order valence-electron chi connectivity index (χ3n) is 2.51. The number of hydrazine groups is 1. The fourth-order valence-electron chi connectivity index (χ4n) is 1.48. The van der Waals surface area contributed by atoms with Gasteiger partial charge in [0.05, 0.1) is 5.25 Å². The summed E-state index contributed by atoms with van der Waals surface area (Å²) in [4.78, 5) is 12.6. The van der Waals surface area contributed by atoms with Gasteiger partial charge in [-0.25, -0.2) is 5.84 Å². The van der Waals surface area contributed by atoms with Crippen LogP contribution in [-0.2, 0) is 4.79 Å². The Labute approximate surface area is 106 Å². The lowest BCUT2D eigenvalue weighted by Gasteiger charge is -2.14. The van der Waals surface area contributed by atoms with Crippen LogP contribution in [0, 0.1) is 6.92 Å². The third kappa shape index (κ3) is 3.94. The number of rotatable bonds is 5. The van der Waals surface area contributed by atoms with E-state index in [-0.39, 0.29) is 11.2 Å². The molecule has 0 saturated carbocycles. The zero-order valence-electron chi connectivity index (χ0n) is 10.2. The predicted octanol–water partition coefficient (Wildman–Crippen LogP) is 1.83. The van der Waals surface area contributed by atoms with Gasteiger partial charge in [-0.15, -0.1) is 11.8 Å². The minimum atomic E-state index is -0.145. The molecule has 94 valence electrons. The van der Waals surface area contributed by atoms with Crippen LogP contribution in [0.25, 0.3) is 0 Å². The zero-order valence-corrected chi connectivity index (χ0v) is 11.0. The molecule has 1 unspecified atom stereocenters. The van der Waals surface area contributed by atoms with Crippen LogP contribution < -0.4 is 17.0 Å². The predicted molar refractivity (Wildman–Crippen MR) is 72.5 cm³/mol. The molecule has 0 aliphatic carbocycles.